The first-order chi connectivity index (χ1) is 14.7. The van der Waals surface area contributed by atoms with Gasteiger partial charge in [0, 0.05) is 44.5 Å². The van der Waals surface area contributed by atoms with Crippen molar-refractivity contribution in [3.63, 3.8) is 0 Å². The number of aromatic nitrogens is 2. The van der Waals surface area contributed by atoms with Crippen molar-refractivity contribution < 1.29 is 8.78 Å². The van der Waals surface area contributed by atoms with Gasteiger partial charge in [-0.1, -0.05) is 24.3 Å². The molecule has 30 heavy (non-hydrogen) atoms. The first-order valence-electron chi connectivity index (χ1n) is 10.4. The van der Waals surface area contributed by atoms with Crippen LogP contribution in [-0.4, -0.2) is 47.6 Å². The molecule has 3 aromatic rings. The van der Waals surface area contributed by atoms with Gasteiger partial charge in [-0.25, -0.2) is 18.7 Å². The topological polar surface area (TPSA) is 32.3 Å². The molecule has 156 valence electrons. The molecule has 1 aliphatic rings. The molecule has 0 radical (unpaired) electrons. The Morgan fingerprint density at radius 1 is 0.767 bits per heavy atom. The maximum absolute atomic E-state index is 13.4. The van der Waals surface area contributed by atoms with Crippen LogP contribution >= 0.6 is 0 Å². The minimum Gasteiger partial charge on any atom is -0.338 e. The zero-order valence-corrected chi connectivity index (χ0v) is 16.9. The minimum atomic E-state index is -0.239. The van der Waals surface area contributed by atoms with Crippen LogP contribution in [0.4, 0.5) is 14.7 Å². The van der Waals surface area contributed by atoms with E-state index in [0.717, 1.165) is 62.6 Å². The van der Waals surface area contributed by atoms with Gasteiger partial charge in [0.25, 0.3) is 0 Å². The summed E-state index contributed by atoms with van der Waals surface area (Å²) in [5.41, 5.74) is 2.13. The lowest BCUT2D eigenvalue weighted by atomic mass is 9.87. The summed E-state index contributed by atoms with van der Waals surface area (Å²) in [4.78, 5) is 13.4. The predicted molar refractivity (Wildman–Crippen MR) is 115 cm³/mol. The number of rotatable bonds is 7. The lowest BCUT2D eigenvalue weighted by Gasteiger charge is -2.34. The highest BCUT2D eigenvalue weighted by molar-refractivity contribution is 5.33. The van der Waals surface area contributed by atoms with Crippen LogP contribution in [0.5, 0.6) is 0 Å². The van der Waals surface area contributed by atoms with E-state index in [2.05, 4.69) is 19.8 Å². The van der Waals surface area contributed by atoms with Crippen LogP contribution in [0.15, 0.2) is 67.0 Å². The van der Waals surface area contributed by atoms with E-state index in [-0.39, 0.29) is 17.6 Å². The maximum atomic E-state index is 13.4. The molecule has 0 N–H and O–H groups in total. The first-order valence-corrected chi connectivity index (χ1v) is 10.4. The number of hydrogen-bond acceptors (Lipinski definition) is 4. The number of piperazine rings is 1. The van der Waals surface area contributed by atoms with Crippen molar-refractivity contribution in [1.82, 2.24) is 14.9 Å². The fourth-order valence-electron chi connectivity index (χ4n) is 4.06. The molecule has 2 heterocycles. The molecule has 0 bridgehead atoms. The van der Waals surface area contributed by atoms with Crippen LogP contribution in [-0.2, 0) is 0 Å². The zero-order valence-electron chi connectivity index (χ0n) is 16.9. The van der Waals surface area contributed by atoms with E-state index < -0.39 is 0 Å². The summed E-state index contributed by atoms with van der Waals surface area (Å²) in [6, 6.07) is 15.2. The molecule has 0 unspecified atom stereocenters. The fraction of sp³-hybridized carbons (Fsp3) is 0.333. The second-order valence-electron chi connectivity index (χ2n) is 7.68. The van der Waals surface area contributed by atoms with Gasteiger partial charge in [0.2, 0.25) is 5.95 Å². The van der Waals surface area contributed by atoms with Gasteiger partial charge in [-0.05, 0) is 60.8 Å². The van der Waals surface area contributed by atoms with E-state index in [9.17, 15) is 8.78 Å². The largest absolute Gasteiger partial charge is 0.338 e. The Bertz CT molecular complexity index is 863. The summed E-state index contributed by atoms with van der Waals surface area (Å²) in [5, 5.41) is 0. The Balaban J connectivity index is 1.34. The zero-order chi connectivity index (χ0) is 20.8. The molecule has 0 spiro atoms. The van der Waals surface area contributed by atoms with Crippen LogP contribution in [0, 0.1) is 11.6 Å². The van der Waals surface area contributed by atoms with E-state index in [1.165, 1.54) is 24.3 Å². The fourth-order valence-corrected chi connectivity index (χ4v) is 4.06. The number of benzene rings is 2. The molecule has 2 aromatic carbocycles. The molecule has 1 saturated heterocycles. The second-order valence-corrected chi connectivity index (χ2v) is 7.68. The van der Waals surface area contributed by atoms with Gasteiger partial charge in [-0.2, -0.15) is 0 Å². The Kier molecular flexibility index (Phi) is 6.64. The van der Waals surface area contributed by atoms with Gasteiger partial charge < -0.3 is 4.90 Å². The van der Waals surface area contributed by atoms with Crippen LogP contribution in [0.25, 0.3) is 0 Å². The highest BCUT2D eigenvalue weighted by Gasteiger charge is 2.20. The van der Waals surface area contributed by atoms with E-state index >= 15 is 0 Å². The average Bonchev–Trinajstić information content (AvgIpc) is 2.79. The Hall–Kier alpha value is -2.86. The molecule has 1 aliphatic heterocycles. The summed E-state index contributed by atoms with van der Waals surface area (Å²) in [7, 11) is 0. The van der Waals surface area contributed by atoms with Crippen LogP contribution < -0.4 is 4.90 Å². The van der Waals surface area contributed by atoms with Crippen molar-refractivity contribution in [3.8, 4) is 0 Å². The van der Waals surface area contributed by atoms with Crippen molar-refractivity contribution in [1.29, 1.82) is 0 Å². The van der Waals surface area contributed by atoms with Crippen molar-refractivity contribution in [3.05, 3.63) is 89.8 Å². The number of halogens is 2. The normalized spacial score (nSPS) is 15.0. The predicted octanol–water partition coefficient (Wildman–Crippen LogP) is 4.49. The number of anilines is 1. The molecule has 4 rings (SSSR count). The van der Waals surface area contributed by atoms with Crippen LogP contribution in [0.3, 0.4) is 0 Å². The molecular weight excluding hydrogens is 382 g/mol. The quantitative estimate of drug-likeness (QED) is 0.577. The van der Waals surface area contributed by atoms with Gasteiger partial charge in [0.15, 0.2) is 0 Å². The van der Waals surface area contributed by atoms with E-state index in [0.29, 0.717) is 0 Å². The molecule has 0 saturated carbocycles. The Labute approximate surface area is 176 Å². The van der Waals surface area contributed by atoms with Crippen LogP contribution in [0.2, 0.25) is 0 Å². The van der Waals surface area contributed by atoms with Crippen molar-refractivity contribution in [2.24, 2.45) is 0 Å². The maximum Gasteiger partial charge on any atom is 0.225 e. The highest BCUT2D eigenvalue weighted by Crippen LogP contribution is 2.30. The van der Waals surface area contributed by atoms with Crippen molar-refractivity contribution in [2.75, 3.05) is 37.6 Å². The third-order valence-electron chi connectivity index (χ3n) is 5.72. The third-order valence-corrected chi connectivity index (χ3v) is 5.72. The molecule has 4 nitrogen and oxygen atoms in total. The molecular formula is C24H26F2N4. The standard InChI is InChI=1S/C24H26F2N4/c25-21-8-4-19(5-9-21)23(20-6-10-22(26)11-7-20)3-1-14-29-15-17-30(18-16-29)24-27-12-2-13-28-24/h2,4-13,23H,1,3,14-18H2. The van der Waals surface area contributed by atoms with Crippen molar-refractivity contribution >= 4 is 5.95 Å². The van der Waals surface area contributed by atoms with Gasteiger partial charge in [-0.3, -0.25) is 4.90 Å². The second kappa shape index (κ2) is 9.76. The summed E-state index contributed by atoms with van der Waals surface area (Å²) in [5.74, 6) is 0.448. The SMILES string of the molecule is Fc1ccc(C(CCCN2CCN(c3ncccn3)CC2)c2ccc(F)cc2)cc1. The average molecular weight is 408 g/mol. The molecule has 0 atom stereocenters. The Morgan fingerprint density at radius 3 is 1.83 bits per heavy atom. The van der Waals surface area contributed by atoms with Crippen molar-refractivity contribution in [2.45, 2.75) is 18.8 Å². The molecule has 0 amide bonds. The summed E-state index contributed by atoms with van der Waals surface area (Å²) >= 11 is 0. The molecule has 6 heteroatoms. The Morgan fingerprint density at radius 2 is 1.30 bits per heavy atom. The van der Waals surface area contributed by atoms with E-state index in [1.54, 1.807) is 12.4 Å². The number of nitrogens with zero attached hydrogens (tertiary/aromatic N) is 4. The molecule has 1 fully saturated rings. The van der Waals surface area contributed by atoms with Gasteiger partial charge in [-0.15, -0.1) is 0 Å². The first kappa shape index (κ1) is 20.4. The molecule has 0 aliphatic carbocycles. The third kappa shape index (κ3) is 5.19. The highest BCUT2D eigenvalue weighted by atomic mass is 19.1. The van der Waals surface area contributed by atoms with Gasteiger partial charge >= 0.3 is 0 Å². The smallest absolute Gasteiger partial charge is 0.225 e. The minimum absolute atomic E-state index is 0.130. The van der Waals surface area contributed by atoms with Gasteiger partial charge in [0.1, 0.15) is 11.6 Å². The van der Waals surface area contributed by atoms with Crippen LogP contribution in [0.1, 0.15) is 29.9 Å². The number of hydrogen-bond donors (Lipinski definition) is 0. The molecule has 1 aromatic heterocycles. The summed E-state index contributed by atoms with van der Waals surface area (Å²) < 4.78 is 26.8. The van der Waals surface area contributed by atoms with E-state index in [1.807, 2.05) is 30.3 Å². The lowest BCUT2D eigenvalue weighted by molar-refractivity contribution is 0.250. The lowest BCUT2D eigenvalue weighted by Crippen LogP contribution is -2.47. The summed E-state index contributed by atoms with van der Waals surface area (Å²) in [6.07, 6.45) is 5.50. The monoisotopic (exact) mass is 408 g/mol. The van der Waals surface area contributed by atoms with Gasteiger partial charge in [0.05, 0.1) is 0 Å². The van der Waals surface area contributed by atoms with E-state index in [4.69, 9.17) is 0 Å². The summed E-state index contributed by atoms with van der Waals surface area (Å²) in [6.45, 7) is 4.81.